The van der Waals surface area contributed by atoms with Gasteiger partial charge in [0, 0.05) is 0 Å². The van der Waals surface area contributed by atoms with Crippen LogP contribution in [0.15, 0.2) is 36.5 Å². The highest BCUT2D eigenvalue weighted by Crippen LogP contribution is 2.16. The van der Waals surface area contributed by atoms with Crippen molar-refractivity contribution in [2.24, 2.45) is 0 Å². The lowest BCUT2D eigenvalue weighted by molar-refractivity contribution is -0.130. The molecule has 0 spiro atoms. The van der Waals surface area contributed by atoms with Crippen LogP contribution in [0.1, 0.15) is 219 Å². The van der Waals surface area contributed by atoms with E-state index in [-0.39, 0.29) is 6.42 Å². The number of hydrogen-bond donors (Lipinski definition) is 4. The number of amides is 1. The minimum absolute atomic E-state index is 0.274. The lowest BCUT2D eigenvalue weighted by Gasteiger charge is -2.22. The highest BCUT2D eigenvalue weighted by atomic mass is 32.2. The lowest BCUT2D eigenvalue weighted by atomic mass is 10.0. The van der Waals surface area contributed by atoms with Crippen LogP contribution in [0, 0.1) is 0 Å². The fourth-order valence-corrected chi connectivity index (χ4v) is 7.46. The van der Waals surface area contributed by atoms with Gasteiger partial charge in [-0.05, 0) is 44.9 Å². The van der Waals surface area contributed by atoms with Crippen LogP contribution < -0.4 is 5.32 Å². The van der Waals surface area contributed by atoms with Gasteiger partial charge in [0.15, 0.2) is 0 Å². The van der Waals surface area contributed by atoms with Gasteiger partial charge >= 0.3 is 0 Å². The summed E-state index contributed by atoms with van der Waals surface area (Å²) in [5.74, 6) is -1.56. The number of rotatable bonds is 40. The first kappa shape index (κ1) is 51.5. The molecular weight excluding hydrogens is 683 g/mol. The van der Waals surface area contributed by atoms with Gasteiger partial charge in [0.1, 0.15) is 6.10 Å². The monoisotopic (exact) mass is 768 g/mol. The van der Waals surface area contributed by atoms with E-state index in [1.54, 1.807) is 6.08 Å². The van der Waals surface area contributed by atoms with Crippen LogP contribution in [0.25, 0.3) is 0 Å². The van der Waals surface area contributed by atoms with Crippen molar-refractivity contribution in [3.8, 4) is 0 Å². The Hall–Kier alpha value is -1.48. The van der Waals surface area contributed by atoms with E-state index >= 15 is 0 Å². The van der Waals surface area contributed by atoms with Crippen molar-refractivity contribution in [3.63, 3.8) is 0 Å². The van der Waals surface area contributed by atoms with Gasteiger partial charge in [-0.3, -0.25) is 9.35 Å². The second kappa shape index (κ2) is 38.8. The normalized spacial score (nSPS) is 14.1. The Balaban J connectivity index is 3.98. The van der Waals surface area contributed by atoms with Gasteiger partial charge in [0.2, 0.25) is 5.91 Å². The SMILES string of the molecule is CCCCCCC/C=C/CC/C=C/CC/C=C/C(O)C(CS(=O)(=O)O)NC(=O)C(O)CCCCCCCCCCCCCCCCCCCCCCC. The molecule has 7 nitrogen and oxygen atoms in total. The van der Waals surface area contributed by atoms with E-state index in [1.165, 1.54) is 147 Å². The summed E-state index contributed by atoms with van der Waals surface area (Å²) < 4.78 is 32.5. The molecule has 3 atom stereocenters. The first-order valence-electron chi connectivity index (χ1n) is 22.3. The van der Waals surface area contributed by atoms with E-state index in [2.05, 4.69) is 43.5 Å². The molecule has 0 aliphatic rings. The molecule has 0 radical (unpaired) electrons. The number of nitrogens with one attached hydrogen (secondary N) is 1. The van der Waals surface area contributed by atoms with Gasteiger partial charge in [0.05, 0.1) is 17.9 Å². The number of carbonyl (C=O) groups excluding carboxylic acids is 1. The number of allylic oxidation sites excluding steroid dienone is 5. The molecule has 312 valence electrons. The summed E-state index contributed by atoms with van der Waals surface area (Å²) in [4.78, 5) is 12.6. The maximum Gasteiger partial charge on any atom is 0.267 e. The van der Waals surface area contributed by atoms with Crippen molar-refractivity contribution in [1.29, 1.82) is 0 Å². The van der Waals surface area contributed by atoms with Crippen LogP contribution in [0.2, 0.25) is 0 Å². The zero-order valence-corrected chi connectivity index (χ0v) is 35.3. The van der Waals surface area contributed by atoms with Crippen LogP contribution >= 0.6 is 0 Å². The van der Waals surface area contributed by atoms with E-state index in [9.17, 15) is 28.0 Å². The summed E-state index contributed by atoms with van der Waals surface area (Å²) in [6.07, 6.45) is 47.8. The summed E-state index contributed by atoms with van der Waals surface area (Å²) in [5.41, 5.74) is 0. The van der Waals surface area contributed by atoms with Crippen molar-refractivity contribution in [1.82, 2.24) is 5.32 Å². The number of aliphatic hydroxyl groups excluding tert-OH is 2. The second-order valence-corrected chi connectivity index (χ2v) is 17.0. The molecule has 0 aromatic carbocycles. The van der Waals surface area contributed by atoms with Crippen molar-refractivity contribution in [2.75, 3.05) is 5.75 Å². The molecule has 1 amide bonds. The highest BCUT2D eigenvalue weighted by molar-refractivity contribution is 7.85. The maximum absolute atomic E-state index is 12.6. The standard InChI is InChI=1S/C45H85NO6S/c1-3-5-7-9-11-13-15-17-19-20-21-22-23-24-26-28-30-32-34-36-38-40-44(48)45(49)46-42(41-53(50,51)52)43(47)39-37-35-33-31-29-27-25-18-16-14-12-10-8-6-4-2/h16,18,29,31,37,39,42-44,47-48H,3-15,17,19-28,30,32-36,38,40-41H2,1-2H3,(H,46,49)(H,50,51,52)/b18-16+,31-29+,39-37+. The molecule has 4 N–H and O–H groups in total. The molecule has 0 aliphatic heterocycles. The molecule has 0 rings (SSSR count). The van der Waals surface area contributed by atoms with Gasteiger partial charge in [-0.1, -0.05) is 211 Å². The molecule has 3 unspecified atom stereocenters. The molecule has 0 aliphatic carbocycles. The molecule has 0 saturated carbocycles. The predicted octanol–water partition coefficient (Wildman–Crippen LogP) is 12.3. The number of carbonyl (C=O) groups is 1. The molecule has 0 bridgehead atoms. The number of aliphatic hydroxyl groups is 2. The number of unbranched alkanes of at least 4 members (excludes halogenated alkanes) is 27. The molecule has 53 heavy (non-hydrogen) atoms. The highest BCUT2D eigenvalue weighted by Gasteiger charge is 2.27. The van der Waals surface area contributed by atoms with Crippen LogP contribution in [-0.2, 0) is 14.9 Å². The van der Waals surface area contributed by atoms with Crippen LogP contribution in [0.5, 0.6) is 0 Å². The Labute approximate surface area is 328 Å². The zero-order valence-electron chi connectivity index (χ0n) is 34.5. The lowest BCUT2D eigenvalue weighted by Crippen LogP contribution is -2.50. The number of hydrogen-bond acceptors (Lipinski definition) is 5. The van der Waals surface area contributed by atoms with Crippen LogP contribution in [-0.4, -0.2) is 53.1 Å². The topological polar surface area (TPSA) is 124 Å². The van der Waals surface area contributed by atoms with Crippen LogP contribution in [0.3, 0.4) is 0 Å². The Morgan fingerprint density at radius 1 is 0.509 bits per heavy atom. The first-order chi connectivity index (χ1) is 25.7. The van der Waals surface area contributed by atoms with Gasteiger partial charge < -0.3 is 15.5 Å². The quantitative estimate of drug-likeness (QED) is 0.0280. The van der Waals surface area contributed by atoms with Crippen LogP contribution in [0.4, 0.5) is 0 Å². The van der Waals surface area contributed by atoms with Crippen molar-refractivity contribution >= 4 is 16.0 Å². The van der Waals surface area contributed by atoms with Crippen molar-refractivity contribution in [3.05, 3.63) is 36.5 Å². The summed E-state index contributed by atoms with van der Waals surface area (Å²) in [6, 6.07) is -1.25. The van der Waals surface area contributed by atoms with E-state index in [1.807, 2.05) is 0 Å². The summed E-state index contributed by atoms with van der Waals surface area (Å²) >= 11 is 0. The third-order valence-corrected chi connectivity index (χ3v) is 10.9. The van der Waals surface area contributed by atoms with Gasteiger partial charge in [-0.25, -0.2) is 0 Å². The Morgan fingerprint density at radius 2 is 0.849 bits per heavy atom. The molecule has 8 heteroatoms. The molecule has 0 aromatic heterocycles. The molecule has 0 aromatic rings. The van der Waals surface area contributed by atoms with Gasteiger partial charge in [-0.2, -0.15) is 8.42 Å². The van der Waals surface area contributed by atoms with Crippen molar-refractivity contribution in [2.45, 2.75) is 238 Å². The summed E-state index contributed by atoms with van der Waals surface area (Å²) in [5, 5.41) is 23.4. The maximum atomic E-state index is 12.6. The fourth-order valence-electron chi connectivity index (χ4n) is 6.72. The third-order valence-electron chi connectivity index (χ3n) is 10.2. The largest absolute Gasteiger partial charge is 0.387 e. The Morgan fingerprint density at radius 3 is 1.25 bits per heavy atom. The van der Waals surface area contributed by atoms with Gasteiger partial charge in [0.25, 0.3) is 10.1 Å². The summed E-state index contributed by atoms with van der Waals surface area (Å²) in [6.45, 7) is 4.51. The Kier molecular flexibility index (Phi) is 37.7. The average molecular weight is 768 g/mol. The third kappa shape index (κ3) is 38.6. The average Bonchev–Trinajstić information content (AvgIpc) is 3.12. The van der Waals surface area contributed by atoms with E-state index in [0.29, 0.717) is 12.8 Å². The fraction of sp³-hybridized carbons (Fsp3) is 0.844. The van der Waals surface area contributed by atoms with Gasteiger partial charge in [-0.15, -0.1) is 0 Å². The first-order valence-corrected chi connectivity index (χ1v) is 23.9. The second-order valence-electron chi connectivity index (χ2n) is 15.5. The summed E-state index contributed by atoms with van der Waals surface area (Å²) in [7, 11) is -4.45. The zero-order chi connectivity index (χ0) is 39.1. The Bertz CT molecular complexity index is 995. The minimum atomic E-state index is -4.45. The van der Waals surface area contributed by atoms with E-state index < -0.39 is 40.0 Å². The smallest absolute Gasteiger partial charge is 0.267 e. The predicted molar refractivity (Wildman–Crippen MR) is 227 cm³/mol. The van der Waals surface area contributed by atoms with Crippen molar-refractivity contribution < 1.29 is 28.0 Å². The molecule has 0 saturated heterocycles. The van der Waals surface area contributed by atoms with E-state index in [4.69, 9.17) is 0 Å². The molecular formula is C45H85NO6S. The minimum Gasteiger partial charge on any atom is -0.387 e. The molecule has 0 fully saturated rings. The van der Waals surface area contributed by atoms with E-state index in [0.717, 1.165) is 44.9 Å². The molecule has 0 heterocycles.